The van der Waals surface area contributed by atoms with Crippen LogP contribution in [0.4, 0.5) is 0 Å². The Labute approximate surface area is 88.9 Å². The number of hydrogen-bond donors (Lipinski definition) is 2. The number of β-lactam (4-membered cyclic amide) rings is 1. The van der Waals surface area contributed by atoms with Gasteiger partial charge in [0.25, 0.3) is 0 Å². The molecule has 0 aromatic carbocycles. The molecule has 7 heteroatoms. The van der Waals surface area contributed by atoms with Crippen LogP contribution in [0.25, 0.3) is 0 Å². The summed E-state index contributed by atoms with van der Waals surface area (Å²) in [4.78, 5) is 23.2. The summed E-state index contributed by atoms with van der Waals surface area (Å²) < 4.78 is -0.645. The summed E-state index contributed by atoms with van der Waals surface area (Å²) in [5.41, 5.74) is 5.53. The fourth-order valence-corrected chi connectivity index (χ4v) is 2.95. The summed E-state index contributed by atoms with van der Waals surface area (Å²) in [6.45, 7) is 0. The summed E-state index contributed by atoms with van der Waals surface area (Å²) >= 11 is 6.99. The summed E-state index contributed by atoms with van der Waals surface area (Å²) in [6, 6.07) is -0.562. The van der Waals surface area contributed by atoms with E-state index in [0.29, 0.717) is 0 Å². The number of alkyl halides is 1. The number of fused-ring (bicyclic) bond motifs is 1. The minimum atomic E-state index is -1.11. The van der Waals surface area contributed by atoms with E-state index >= 15 is 0 Å². The monoisotopic (exact) mass is 234 g/mol. The SMILES string of the molecule is NC1C(=O)N2C=C(C(=O)O)C(Cl)S[C@H]12. The molecule has 2 unspecified atom stereocenters. The van der Waals surface area contributed by atoms with Crippen molar-refractivity contribution in [2.45, 2.75) is 16.1 Å². The molecule has 0 aromatic heterocycles. The summed E-state index contributed by atoms with van der Waals surface area (Å²) in [5, 5.41) is 8.54. The standard InChI is InChI=1S/C7H7ClN2O3S/c8-4-2(7(12)13)1-10-5(11)3(9)6(10)14-4/h1,3-4,6H,9H2,(H,12,13)/t3?,4?,6-/m1/s1. The molecule has 76 valence electrons. The van der Waals surface area contributed by atoms with Gasteiger partial charge in [0.2, 0.25) is 5.91 Å². The third-order valence-electron chi connectivity index (χ3n) is 2.15. The van der Waals surface area contributed by atoms with Crippen LogP contribution in [0.2, 0.25) is 0 Å². The van der Waals surface area contributed by atoms with Crippen LogP contribution in [0.1, 0.15) is 0 Å². The highest BCUT2D eigenvalue weighted by molar-refractivity contribution is 8.02. The maximum atomic E-state index is 11.2. The van der Waals surface area contributed by atoms with Crippen molar-refractivity contribution in [3.05, 3.63) is 11.8 Å². The fraction of sp³-hybridized carbons (Fsp3) is 0.429. The molecule has 1 saturated heterocycles. The number of thioether (sulfide) groups is 1. The molecule has 2 aliphatic heterocycles. The van der Waals surface area contributed by atoms with E-state index in [9.17, 15) is 9.59 Å². The van der Waals surface area contributed by atoms with Crippen molar-refractivity contribution in [3.63, 3.8) is 0 Å². The number of carbonyl (C=O) groups excluding carboxylic acids is 1. The molecule has 0 aliphatic carbocycles. The predicted octanol–water partition coefficient (Wildman–Crippen LogP) is -0.238. The van der Waals surface area contributed by atoms with E-state index in [0.717, 1.165) is 0 Å². The maximum Gasteiger partial charge on any atom is 0.335 e. The van der Waals surface area contributed by atoms with Crippen LogP contribution in [0.5, 0.6) is 0 Å². The highest BCUT2D eigenvalue weighted by Crippen LogP contribution is 2.41. The second kappa shape index (κ2) is 3.15. The van der Waals surface area contributed by atoms with Gasteiger partial charge in [0.05, 0.1) is 5.57 Å². The van der Waals surface area contributed by atoms with Crippen LogP contribution in [-0.2, 0) is 9.59 Å². The van der Waals surface area contributed by atoms with Gasteiger partial charge in [0, 0.05) is 6.20 Å². The second-order valence-electron chi connectivity index (χ2n) is 3.00. The van der Waals surface area contributed by atoms with E-state index in [2.05, 4.69) is 0 Å². The Balaban J connectivity index is 2.27. The Morgan fingerprint density at radius 1 is 1.71 bits per heavy atom. The van der Waals surface area contributed by atoms with Gasteiger partial charge in [-0.25, -0.2) is 4.79 Å². The Morgan fingerprint density at radius 3 is 2.93 bits per heavy atom. The lowest BCUT2D eigenvalue weighted by atomic mass is 10.1. The van der Waals surface area contributed by atoms with Gasteiger partial charge < -0.3 is 15.7 Å². The summed E-state index contributed by atoms with van der Waals surface area (Å²) in [6.07, 6.45) is 1.27. The van der Waals surface area contributed by atoms with Gasteiger partial charge in [-0.3, -0.25) is 4.79 Å². The fourth-order valence-electron chi connectivity index (χ4n) is 1.35. The lowest BCUT2D eigenvalue weighted by molar-refractivity contribution is -0.140. The lowest BCUT2D eigenvalue weighted by Crippen LogP contribution is -2.66. The average Bonchev–Trinajstić information content (AvgIpc) is 2.15. The molecule has 1 amide bonds. The molecule has 0 radical (unpaired) electrons. The average molecular weight is 235 g/mol. The van der Waals surface area contributed by atoms with E-state index in [-0.39, 0.29) is 16.9 Å². The number of halogens is 1. The van der Waals surface area contributed by atoms with Gasteiger partial charge in [-0.2, -0.15) is 0 Å². The topological polar surface area (TPSA) is 83.6 Å². The number of nitrogens with two attached hydrogens (primary N) is 1. The highest BCUT2D eigenvalue weighted by atomic mass is 35.5. The number of hydrogen-bond acceptors (Lipinski definition) is 4. The Bertz CT molecular complexity index is 346. The highest BCUT2D eigenvalue weighted by Gasteiger charge is 2.49. The largest absolute Gasteiger partial charge is 0.478 e. The number of carbonyl (C=O) groups is 2. The van der Waals surface area contributed by atoms with Crippen LogP contribution < -0.4 is 5.73 Å². The van der Waals surface area contributed by atoms with Crippen LogP contribution in [-0.4, -0.2) is 38.0 Å². The smallest absolute Gasteiger partial charge is 0.335 e. The van der Waals surface area contributed by atoms with Crippen molar-refractivity contribution in [2.24, 2.45) is 5.73 Å². The zero-order chi connectivity index (χ0) is 10.5. The number of rotatable bonds is 1. The quantitative estimate of drug-likeness (QED) is 0.483. The Morgan fingerprint density at radius 2 is 2.36 bits per heavy atom. The van der Waals surface area contributed by atoms with Gasteiger partial charge in [-0.05, 0) is 0 Å². The lowest BCUT2D eigenvalue weighted by Gasteiger charge is -2.46. The molecule has 14 heavy (non-hydrogen) atoms. The van der Waals surface area contributed by atoms with Crippen molar-refractivity contribution in [1.82, 2.24) is 4.90 Å². The molecule has 0 bridgehead atoms. The van der Waals surface area contributed by atoms with E-state index < -0.39 is 16.7 Å². The molecular weight excluding hydrogens is 228 g/mol. The third-order valence-corrected chi connectivity index (χ3v) is 3.99. The van der Waals surface area contributed by atoms with E-state index in [4.69, 9.17) is 22.4 Å². The minimum absolute atomic E-state index is 0.0215. The Hall–Kier alpha value is -0.720. The van der Waals surface area contributed by atoms with Crippen LogP contribution >= 0.6 is 23.4 Å². The molecule has 3 atom stereocenters. The van der Waals surface area contributed by atoms with Gasteiger partial charge in [0.15, 0.2) is 0 Å². The molecule has 2 heterocycles. The van der Waals surface area contributed by atoms with Gasteiger partial charge in [-0.15, -0.1) is 23.4 Å². The first-order valence-corrected chi connectivity index (χ1v) is 5.22. The minimum Gasteiger partial charge on any atom is -0.478 e. The van der Waals surface area contributed by atoms with Crippen molar-refractivity contribution in [1.29, 1.82) is 0 Å². The molecule has 2 rings (SSSR count). The molecular formula is C7H7ClN2O3S. The third kappa shape index (κ3) is 1.22. The van der Waals surface area contributed by atoms with Gasteiger partial charge in [-0.1, -0.05) is 0 Å². The van der Waals surface area contributed by atoms with Crippen molar-refractivity contribution < 1.29 is 14.7 Å². The second-order valence-corrected chi connectivity index (χ2v) is 4.93. The summed E-state index contributed by atoms with van der Waals surface area (Å²) in [5.74, 6) is -1.37. The summed E-state index contributed by atoms with van der Waals surface area (Å²) in [7, 11) is 0. The van der Waals surface area contributed by atoms with Crippen molar-refractivity contribution >= 4 is 35.2 Å². The first-order chi connectivity index (χ1) is 6.52. The Kier molecular flexibility index (Phi) is 2.21. The van der Waals surface area contributed by atoms with E-state index in [1.165, 1.54) is 22.9 Å². The predicted molar refractivity (Wildman–Crippen MR) is 51.6 cm³/mol. The van der Waals surface area contributed by atoms with E-state index in [1.54, 1.807) is 0 Å². The molecule has 2 aliphatic rings. The first kappa shape index (κ1) is 9.82. The number of amides is 1. The molecule has 3 N–H and O–H groups in total. The number of aliphatic carboxylic acids is 1. The van der Waals surface area contributed by atoms with Crippen LogP contribution in [0, 0.1) is 0 Å². The molecule has 0 aromatic rings. The molecule has 5 nitrogen and oxygen atoms in total. The van der Waals surface area contributed by atoms with Crippen LogP contribution in [0.3, 0.4) is 0 Å². The zero-order valence-corrected chi connectivity index (χ0v) is 8.46. The van der Waals surface area contributed by atoms with Crippen molar-refractivity contribution in [3.8, 4) is 0 Å². The first-order valence-electron chi connectivity index (χ1n) is 3.84. The molecule has 1 fully saturated rings. The molecule has 0 spiro atoms. The van der Waals surface area contributed by atoms with Gasteiger partial charge in [0.1, 0.15) is 16.1 Å². The van der Waals surface area contributed by atoms with Crippen LogP contribution in [0.15, 0.2) is 11.8 Å². The van der Waals surface area contributed by atoms with Gasteiger partial charge >= 0.3 is 5.97 Å². The number of carboxylic acids is 1. The maximum absolute atomic E-state index is 11.2. The van der Waals surface area contributed by atoms with Crippen molar-refractivity contribution in [2.75, 3.05) is 0 Å². The van der Waals surface area contributed by atoms with E-state index in [1.807, 2.05) is 0 Å². The normalized spacial score (nSPS) is 35.9. The zero-order valence-electron chi connectivity index (χ0n) is 6.88. The number of carboxylic acid groups (broad SMARTS) is 1. The molecule has 0 saturated carbocycles. The number of nitrogens with zero attached hydrogens (tertiary/aromatic N) is 1.